The summed E-state index contributed by atoms with van der Waals surface area (Å²) < 4.78 is 0. The standard InChI is InChI=1S/C15H15N3O3/c16-8-11-7-10(15(20)21)1-3-13(11)17-5-6-18-12(9-17)2-4-14(18)19/h1,3,7,12H,2,4-6,9H2,(H,20,21). The molecule has 2 fully saturated rings. The van der Waals surface area contributed by atoms with Crippen molar-refractivity contribution in [2.75, 3.05) is 24.5 Å². The zero-order valence-electron chi connectivity index (χ0n) is 11.5. The Balaban J connectivity index is 1.86. The lowest BCUT2D eigenvalue weighted by molar-refractivity contribution is -0.129. The van der Waals surface area contributed by atoms with Gasteiger partial charge in [-0.05, 0) is 24.6 Å². The van der Waals surface area contributed by atoms with E-state index in [2.05, 4.69) is 11.0 Å². The number of carbonyl (C=O) groups is 2. The first-order chi connectivity index (χ1) is 10.1. The highest BCUT2D eigenvalue weighted by atomic mass is 16.4. The van der Waals surface area contributed by atoms with E-state index >= 15 is 0 Å². The lowest BCUT2D eigenvalue weighted by Gasteiger charge is -2.39. The number of benzene rings is 1. The van der Waals surface area contributed by atoms with Gasteiger partial charge in [0, 0.05) is 32.1 Å². The largest absolute Gasteiger partial charge is 0.478 e. The molecular formula is C15H15N3O3. The number of amides is 1. The molecule has 0 saturated carbocycles. The smallest absolute Gasteiger partial charge is 0.335 e. The molecule has 1 amide bonds. The maximum atomic E-state index is 11.7. The van der Waals surface area contributed by atoms with Gasteiger partial charge in [-0.25, -0.2) is 4.79 Å². The lowest BCUT2D eigenvalue weighted by Crippen LogP contribution is -2.51. The number of fused-ring (bicyclic) bond motifs is 1. The number of anilines is 1. The van der Waals surface area contributed by atoms with Gasteiger partial charge in [-0.3, -0.25) is 4.79 Å². The van der Waals surface area contributed by atoms with E-state index in [1.807, 2.05) is 4.90 Å². The quantitative estimate of drug-likeness (QED) is 0.878. The number of rotatable bonds is 2. The van der Waals surface area contributed by atoms with Crippen LogP contribution in [0.3, 0.4) is 0 Å². The van der Waals surface area contributed by atoms with Crippen molar-refractivity contribution >= 4 is 17.6 Å². The van der Waals surface area contributed by atoms with Crippen LogP contribution in [0.4, 0.5) is 5.69 Å². The van der Waals surface area contributed by atoms with Crippen LogP contribution in [-0.2, 0) is 4.79 Å². The highest BCUT2D eigenvalue weighted by Crippen LogP contribution is 2.28. The topological polar surface area (TPSA) is 84.6 Å². The van der Waals surface area contributed by atoms with E-state index in [4.69, 9.17) is 5.11 Å². The van der Waals surface area contributed by atoms with Gasteiger partial charge in [-0.1, -0.05) is 0 Å². The molecule has 0 radical (unpaired) electrons. The molecule has 0 spiro atoms. The molecule has 0 aromatic heterocycles. The van der Waals surface area contributed by atoms with Crippen molar-refractivity contribution in [1.82, 2.24) is 4.90 Å². The lowest BCUT2D eigenvalue weighted by atomic mass is 10.1. The van der Waals surface area contributed by atoms with Crippen molar-refractivity contribution in [3.63, 3.8) is 0 Å². The third kappa shape index (κ3) is 2.31. The number of nitrogens with zero attached hydrogens (tertiary/aromatic N) is 3. The normalized spacial score (nSPS) is 21.1. The molecule has 0 aliphatic carbocycles. The van der Waals surface area contributed by atoms with E-state index in [1.165, 1.54) is 12.1 Å². The molecular weight excluding hydrogens is 270 g/mol. The van der Waals surface area contributed by atoms with Gasteiger partial charge in [-0.15, -0.1) is 0 Å². The van der Waals surface area contributed by atoms with Crippen LogP contribution in [0.2, 0.25) is 0 Å². The number of nitriles is 1. The fraction of sp³-hybridized carbons (Fsp3) is 0.400. The van der Waals surface area contributed by atoms with Crippen molar-refractivity contribution in [2.45, 2.75) is 18.9 Å². The van der Waals surface area contributed by atoms with Crippen molar-refractivity contribution in [3.8, 4) is 6.07 Å². The van der Waals surface area contributed by atoms with E-state index in [0.29, 0.717) is 31.6 Å². The monoisotopic (exact) mass is 285 g/mol. The summed E-state index contributed by atoms with van der Waals surface area (Å²) in [5.74, 6) is -0.828. The number of piperazine rings is 1. The third-order valence-corrected chi connectivity index (χ3v) is 4.20. The fourth-order valence-corrected chi connectivity index (χ4v) is 3.12. The van der Waals surface area contributed by atoms with Crippen molar-refractivity contribution in [2.24, 2.45) is 0 Å². The predicted molar refractivity (Wildman–Crippen MR) is 75.1 cm³/mol. The molecule has 2 heterocycles. The molecule has 0 bridgehead atoms. The Morgan fingerprint density at radius 2 is 2.19 bits per heavy atom. The van der Waals surface area contributed by atoms with Crippen LogP contribution in [0.15, 0.2) is 18.2 Å². The van der Waals surface area contributed by atoms with Gasteiger partial charge in [-0.2, -0.15) is 5.26 Å². The molecule has 1 aromatic carbocycles. The highest BCUT2D eigenvalue weighted by Gasteiger charge is 2.35. The minimum Gasteiger partial charge on any atom is -0.478 e. The van der Waals surface area contributed by atoms with Crippen LogP contribution in [0.25, 0.3) is 0 Å². The Morgan fingerprint density at radius 1 is 1.38 bits per heavy atom. The molecule has 1 aromatic rings. The van der Waals surface area contributed by atoms with Gasteiger partial charge in [0.2, 0.25) is 5.91 Å². The number of carboxylic acid groups (broad SMARTS) is 1. The first-order valence-electron chi connectivity index (χ1n) is 6.92. The summed E-state index contributed by atoms with van der Waals surface area (Å²) in [5, 5.41) is 18.2. The van der Waals surface area contributed by atoms with Crippen LogP contribution in [0.5, 0.6) is 0 Å². The van der Waals surface area contributed by atoms with Crippen LogP contribution in [0.1, 0.15) is 28.8 Å². The first-order valence-corrected chi connectivity index (χ1v) is 6.92. The summed E-state index contributed by atoms with van der Waals surface area (Å²) in [6, 6.07) is 6.89. The van der Waals surface area contributed by atoms with Crippen LogP contribution < -0.4 is 4.90 Å². The van der Waals surface area contributed by atoms with E-state index in [1.54, 1.807) is 6.07 Å². The SMILES string of the molecule is N#Cc1cc(C(=O)O)ccc1N1CCN2C(=O)CCC2C1. The van der Waals surface area contributed by atoms with E-state index in [0.717, 1.165) is 12.1 Å². The van der Waals surface area contributed by atoms with Gasteiger partial charge in [0.15, 0.2) is 0 Å². The molecule has 6 heteroatoms. The highest BCUT2D eigenvalue weighted by molar-refractivity contribution is 5.89. The summed E-state index contributed by atoms with van der Waals surface area (Å²) in [6.07, 6.45) is 1.45. The molecule has 1 N–H and O–H groups in total. The number of aromatic carboxylic acids is 1. The second-order valence-corrected chi connectivity index (χ2v) is 5.37. The van der Waals surface area contributed by atoms with Gasteiger partial charge in [0.1, 0.15) is 6.07 Å². The van der Waals surface area contributed by atoms with Crippen LogP contribution in [0, 0.1) is 11.3 Å². The average Bonchev–Trinajstić information content (AvgIpc) is 2.87. The summed E-state index contributed by atoms with van der Waals surface area (Å²) in [4.78, 5) is 26.6. The molecule has 21 heavy (non-hydrogen) atoms. The van der Waals surface area contributed by atoms with Crippen molar-refractivity contribution < 1.29 is 14.7 Å². The Kier molecular flexibility index (Phi) is 3.26. The molecule has 2 saturated heterocycles. The molecule has 3 rings (SSSR count). The second kappa shape index (κ2) is 5.09. The van der Waals surface area contributed by atoms with E-state index < -0.39 is 5.97 Å². The van der Waals surface area contributed by atoms with Crippen molar-refractivity contribution in [3.05, 3.63) is 29.3 Å². The minimum absolute atomic E-state index is 0.116. The first kappa shape index (κ1) is 13.4. The van der Waals surface area contributed by atoms with E-state index in [-0.39, 0.29) is 17.5 Å². The van der Waals surface area contributed by atoms with Crippen LogP contribution in [-0.4, -0.2) is 47.6 Å². The predicted octanol–water partition coefficient (Wildman–Crippen LogP) is 1.07. The summed E-state index contributed by atoms with van der Waals surface area (Å²) in [5.41, 5.74) is 1.24. The summed E-state index contributed by atoms with van der Waals surface area (Å²) >= 11 is 0. The zero-order chi connectivity index (χ0) is 15.0. The fourth-order valence-electron chi connectivity index (χ4n) is 3.12. The second-order valence-electron chi connectivity index (χ2n) is 5.37. The van der Waals surface area contributed by atoms with Crippen LogP contribution >= 0.6 is 0 Å². The Morgan fingerprint density at radius 3 is 2.90 bits per heavy atom. The number of carbonyl (C=O) groups excluding carboxylic acids is 1. The molecule has 6 nitrogen and oxygen atoms in total. The van der Waals surface area contributed by atoms with Gasteiger partial charge in [0.05, 0.1) is 16.8 Å². The molecule has 1 atom stereocenters. The summed E-state index contributed by atoms with van der Waals surface area (Å²) in [6.45, 7) is 2.03. The van der Waals surface area contributed by atoms with E-state index in [9.17, 15) is 14.9 Å². The molecule has 2 aliphatic rings. The molecule has 108 valence electrons. The Hall–Kier alpha value is -2.55. The van der Waals surface area contributed by atoms with Gasteiger partial charge >= 0.3 is 5.97 Å². The maximum Gasteiger partial charge on any atom is 0.335 e. The number of carboxylic acids is 1. The minimum atomic E-state index is -1.04. The number of hydrogen-bond donors (Lipinski definition) is 1. The Labute approximate surface area is 122 Å². The molecule has 2 aliphatic heterocycles. The molecule has 1 unspecified atom stereocenters. The number of hydrogen-bond acceptors (Lipinski definition) is 4. The zero-order valence-corrected chi connectivity index (χ0v) is 11.5. The summed E-state index contributed by atoms with van der Waals surface area (Å²) in [7, 11) is 0. The maximum absolute atomic E-state index is 11.7. The average molecular weight is 285 g/mol. The Bertz CT molecular complexity index is 650. The van der Waals surface area contributed by atoms with Gasteiger partial charge in [0.25, 0.3) is 0 Å². The van der Waals surface area contributed by atoms with Crippen molar-refractivity contribution in [1.29, 1.82) is 5.26 Å². The third-order valence-electron chi connectivity index (χ3n) is 4.20. The van der Waals surface area contributed by atoms with Gasteiger partial charge < -0.3 is 14.9 Å².